The van der Waals surface area contributed by atoms with Crippen LogP contribution in [0.2, 0.25) is 0 Å². The van der Waals surface area contributed by atoms with E-state index in [1.165, 1.54) is 167 Å². The molecule has 0 saturated carbocycles. The molecule has 1 saturated heterocycles. The first-order valence-corrected chi connectivity index (χ1v) is 28.4. The van der Waals surface area contributed by atoms with E-state index in [2.05, 4.69) is 74.6 Å². The van der Waals surface area contributed by atoms with Gasteiger partial charge in [-0.2, -0.15) is 0 Å². The molecule has 2 unspecified atom stereocenters. The molecule has 69 heavy (non-hydrogen) atoms. The number of unbranched alkanes of at least 4 members (excludes halogenated alkanes) is 27. The fourth-order valence-corrected chi connectivity index (χ4v) is 8.42. The average Bonchev–Trinajstić information content (AvgIpc) is 3.35. The first-order valence-electron chi connectivity index (χ1n) is 28.4. The minimum Gasteiger partial charge on any atom is -0.462 e. The van der Waals surface area contributed by atoms with Crippen molar-refractivity contribution in [2.45, 2.75) is 282 Å². The summed E-state index contributed by atoms with van der Waals surface area (Å²) < 4.78 is 22.2. The molecule has 1 aliphatic rings. The van der Waals surface area contributed by atoms with E-state index in [1.54, 1.807) is 0 Å². The molecule has 0 aromatic heterocycles. The number of hydrogen-bond acceptors (Lipinski definition) is 10. The zero-order valence-electron chi connectivity index (χ0n) is 44.1. The van der Waals surface area contributed by atoms with Gasteiger partial charge in [-0.05, 0) is 70.6 Å². The van der Waals surface area contributed by atoms with Crippen molar-refractivity contribution in [3.05, 3.63) is 60.8 Å². The molecule has 0 aromatic carbocycles. The number of allylic oxidation sites excluding steroid dienone is 10. The Morgan fingerprint density at radius 3 is 1.23 bits per heavy atom. The van der Waals surface area contributed by atoms with E-state index in [-0.39, 0.29) is 26.1 Å². The van der Waals surface area contributed by atoms with Gasteiger partial charge in [-0.1, -0.05) is 222 Å². The van der Waals surface area contributed by atoms with Gasteiger partial charge in [0.05, 0.1) is 13.2 Å². The smallest absolute Gasteiger partial charge is 0.306 e. The third-order valence-electron chi connectivity index (χ3n) is 12.9. The second-order valence-corrected chi connectivity index (χ2v) is 19.4. The third-order valence-corrected chi connectivity index (χ3v) is 12.9. The molecule has 0 aromatic rings. The summed E-state index contributed by atoms with van der Waals surface area (Å²) in [4.78, 5) is 25.5. The Morgan fingerprint density at radius 2 is 0.812 bits per heavy atom. The summed E-state index contributed by atoms with van der Waals surface area (Å²) in [6.07, 6.45) is 55.4. The van der Waals surface area contributed by atoms with Crippen LogP contribution in [0.3, 0.4) is 0 Å². The van der Waals surface area contributed by atoms with E-state index in [1.807, 2.05) is 0 Å². The predicted molar refractivity (Wildman–Crippen MR) is 284 cm³/mol. The van der Waals surface area contributed by atoms with Crippen LogP contribution in [-0.2, 0) is 28.5 Å². The van der Waals surface area contributed by atoms with Gasteiger partial charge in [0, 0.05) is 12.8 Å². The number of rotatable bonds is 48. The summed E-state index contributed by atoms with van der Waals surface area (Å²) in [6.45, 7) is 3.38. The minimum atomic E-state index is -1.61. The maximum absolute atomic E-state index is 12.8. The average molecular weight is 973 g/mol. The van der Waals surface area contributed by atoms with Crippen molar-refractivity contribution in [1.82, 2.24) is 0 Å². The molecule has 0 spiro atoms. The predicted octanol–water partition coefficient (Wildman–Crippen LogP) is 14.1. The highest BCUT2D eigenvalue weighted by Gasteiger charge is 2.44. The molecule has 4 N–H and O–H groups in total. The van der Waals surface area contributed by atoms with Crippen LogP contribution in [-0.4, -0.2) is 89.0 Å². The fourth-order valence-electron chi connectivity index (χ4n) is 8.42. The summed E-state index contributed by atoms with van der Waals surface area (Å²) in [5.74, 6) is -0.904. The van der Waals surface area contributed by atoms with E-state index in [9.17, 15) is 30.0 Å². The van der Waals surface area contributed by atoms with Gasteiger partial charge < -0.3 is 39.4 Å². The van der Waals surface area contributed by atoms with Gasteiger partial charge >= 0.3 is 11.9 Å². The zero-order chi connectivity index (χ0) is 50.1. The number of carbonyl (C=O) groups is 2. The van der Waals surface area contributed by atoms with E-state index in [4.69, 9.17) is 18.9 Å². The Bertz CT molecular complexity index is 1310. The second-order valence-electron chi connectivity index (χ2n) is 19.4. The first-order chi connectivity index (χ1) is 33.8. The number of esters is 2. The molecular formula is C59H104O10. The lowest BCUT2D eigenvalue weighted by molar-refractivity contribution is -0.305. The lowest BCUT2D eigenvalue weighted by Gasteiger charge is -2.39. The standard InChI is InChI=1S/C59H104O10/c1-3-5-7-9-11-13-15-17-19-21-23-25-26-28-30-32-34-36-38-40-42-44-46-48-55(62)68-52(51-67-59-58(65)57(64)56(63)53(49-60)69-59)50-66-54(61)47-45-43-41-39-37-35-33-31-29-27-24-22-20-18-16-14-12-10-8-6-4-2/h20,22,27,29,33,35,39-42,52-53,56-60,63-65H,3-19,21,23-26,28,30-32,34,36-38,43-51H2,1-2H3/b22-20+,29-27+,35-33+,41-39+,42-40+/t52-,53-,56+,57?,58?,59-/m1/s1. The fraction of sp³-hybridized carbons (Fsp3) is 0.797. The van der Waals surface area contributed by atoms with Crippen LogP contribution < -0.4 is 0 Å². The Labute approximate surface area is 421 Å². The minimum absolute atomic E-state index is 0.170. The van der Waals surface area contributed by atoms with Crippen molar-refractivity contribution in [3.63, 3.8) is 0 Å². The van der Waals surface area contributed by atoms with Gasteiger partial charge in [-0.15, -0.1) is 0 Å². The maximum Gasteiger partial charge on any atom is 0.306 e. The highest BCUT2D eigenvalue weighted by atomic mass is 16.7. The molecule has 1 rings (SSSR count). The number of aliphatic hydroxyl groups is 4. The lowest BCUT2D eigenvalue weighted by Crippen LogP contribution is -2.59. The molecular weight excluding hydrogens is 869 g/mol. The van der Waals surface area contributed by atoms with E-state index < -0.39 is 55.4 Å². The quantitative estimate of drug-likeness (QED) is 0.0263. The second kappa shape index (κ2) is 49.0. The Morgan fingerprint density at radius 1 is 0.449 bits per heavy atom. The highest BCUT2D eigenvalue weighted by Crippen LogP contribution is 2.23. The van der Waals surface area contributed by atoms with Crippen LogP contribution in [0, 0.1) is 0 Å². The van der Waals surface area contributed by atoms with Crippen LogP contribution in [0.5, 0.6) is 0 Å². The van der Waals surface area contributed by atoms with Crippen LogP contribution in [0.15, 0.2) is 60.8 Å². The molecule has 0 bridgehead atoms. The van der Waals surface area contributed by atoms with E-state index >= 15 is 0 Å². The Kier molecular flexibility index (Phi) is 45.7. The summed E-state index contributed by atoms with van der Waals surface area (Å²) in [5.41, 5.74) is 0. The summed E-state index contributed by atoms with van der Waals surface area (Å²) in [6, 6.07) is 0. The number of ether oxygens (including phenoxy) is 4. The van der Waals surface area contributed by atoms with Gasteiger partial charge in [0.2, 0.25) is 0 Å². The van der Waals surface area contributed by atoms with Crippen molar-refractivity contribution in [1.29, 1.82) is 0 Å². The van der Waals surface area contributed by atoms with Crippen molar-refractivity contribution in [3.8, 4) is 0 Å². The molecule has 10 nitrogen and oxygen atoms in total. The van der Waals surface area contributed by atoms with E-state index in [0.29, 0.717) is 12.8 Å². The monoisotopic (exact) mass is 973 g/mol. The molecule has 1 fully saturated rings. The largest absolute Gasteiger partial charge is 0.462 e. The van der Waals surface area contributed by atoms with Crippen molar-refractivity contribution >= 4 is 11.9 Å². The molecule has 1 heterocycles. The Balaban J connectivity index is 2.27. The van der Waals surface area contributed by atoms with Crippen LogP contribution in [0.4, 0.5) is 0 Å². The highest BCUT2D eigenvalue weighted by molar-refractivity contribution is 5.70. The number of aliphatic hydroxyl groups excluding tert-OH is 4. The van der Waals surface area contributed by atoms with Gasteiger partial charge in [0.15, 0.2) is 12.4 Å². The molecule has 0 aliphatic carbocycles. The molecule has 1 aliphatic heterocycles. The Hall–Kier alpha value is -2.60. The van der Waals surface area contributed by atoms with Gasteiger partial charge in [-0.25, -0.2) is 0 Å². The van der Waals surface area contributed by atoms with Crippen molar-refractivity contribution in [2.75, 3.05) is 19.8 Å². The lowest BCUT2D eigenvalue weighted by atomic mass is 9.99. The van der Waals surface area contributed by atoms with Crippen molar-refractivity contribution in [2.24, 2.45) is 0 Å². The van der Waals surface area contributed by atoms with Gasteiger partial charge in [0.1, 0.15) is 31.0 Å². The van der Waals surface area contributed by atoms with Gasteiger partial charge in [-0.3, -0.25) is 9.59 Å². The zero-order valence-corrected chi connectivity index (χ0v) is 44.1. The summed E-state index contributed by atoms with van der Waals surface area (Å²) >= 11 is 0. The van der Waals surface area contributed by atoms with Crippen molar-refractivity contribution < 1.29 is 49.0 Å². The SMILES string of the molecule is CCCCCCCCC/C=C/C/C=C/C/C=C/C/C=C/CCCC(=O)OC[C@H](CO[C@@H]1O[C@H](CO)[C@H](O)C(O)C1O)OC(=O)CCC/C=C/CCCCCCCCCCCCCCCCCCCC. The van der Waals surface area contributed by atoms with Crippen LogP contribution in [0.25, 0.3) is 0 Å². The first kappa shape index (κ1) is 64.4. The molecule has 0 amide bonds. The molecule has 400 valence electrons. The maximum atomic E-state index is 12.8. The molecule has 10 heteroatoms. The van der Waals surface area contributed by atoms with Crippen LogP contribution >= 0.6 is 0 Å². The normalized spacial score (nSPS) is 19.3. The number of carbonyl (C=O) groups excluding carboxylic acids is 2. The summed E-state index contributed by atoms with van der Waals surface area (Å²) in [5, 5.41) is 40.3. The molecule has 6 atom stereocenters. The molecule has 0 radical (unpaired) electrons. The van der Waals surface area contributed by atoms with Gasteiger partial charge in [0.25, 0.3) is 0 Å². The summed E-state index contributed by atoms with van der Waals surface area (Å²) in [7, 11) is 0. The van der Waals surface area contributed by atoms with E-state index in [0.717, 1.165) is 38.5 Å². The topological polar surface area (TPSA) is 152 Å². The number of hydrogen-bond donors (Lipinski definition) is 4. The van der Waals surface area contributed by atoms with Crippen LogP contribution in [0.1, 0.15) is 245 Å². The third kappa shape index (κ3) is 39.7.